The highest BCUT2D eigenvalue weighted by Gasteiger charge is 2.16. The van der Waals surface area contributed by atoms with Gasteiger partial charge in [-0.3, -0.25) is 9.36 Å². The molecule has 0 aliphatic rings. The minimum atomic E-state index is -0.606. The Morgan fingerprint density at radius 2 is 1.93 bits per heavy atom. The highest BCUT2D eigenvalue weighted by atomic mass is 35.5. The number of benzene rings is 2. The topological polar surface area (TPSA) is 44.0 Å². The predicted octanol–water partition coefficient (Wildman–Crippen LogP) is 4.36. The molecule has 0 atom stereocenters. The van der Waals surface area contributed by atoms with Gasteiger partial charge in [-0.25, -0.2) is 13.8 Å². The maximum absolute atomic E-state index is 13.5. The van der Waals surface area contributed by atoms with Gasteiger partial charge in [-0.15, -0.1) is 11.3 Å². The summed E-state index contributed by atoms with van der Waals surface area (Å²) >= 11 is 7.12. The number of thiophene rings is 1. The van der Waals surface area contributed by atoms with E-state index in [0.717, 1.165) is 21.8 Å². The van der Waals surface area contributed by atoms with Gasteiger partial charge in [-0.05, 0) is 42.1 Å². The third kappa shape index (κ3) is 3.11. The van der Waals surface area contributed by atoms with E-state index in [0.29, 0.717) is 16.8 Å². The van der Waals surface area contributed by atoms with E-state index in [9.17, 15) is 14.0 Å². The van der Waals surface area contributed by atoms with Crippen LogP contribution in [0.3, 0.4) is 0 Å². The van der Waals surface area contributed by atoms with Crippen LogP contribution in [0.4, 0.5) is 4.39 Å². The molecule has 4 aromatic rings. The van der Waals surface area contributed by atoms with Crippen LogP contribution in [0, 0.1) is 12.7 Å². The van der Waals surface area contributed by atoms with Crippen LogP contribution in [-0.2, 0) is 6.54 Å². The van der Waals surface area contributed by atoms with Crippen molar-refractivity contribution in [1.82, 2.24) is 9.13 Å². The van der Waals surface area contributed by atoms with Crippen molar-refractivity contribution in [1.29, 1.82) is 0 Å². The maximum atomic E-state index is 13.5. The minimum absolute atomic E-state index is 0.143. The van der Waals surface area contributed by atoms with Crippen molar-refractivity contribution in [3.63, 3.8) is 0 Å². The first-order chi connectivity index (χ1) is 13.0. The molecule has 0 amide bonds. The van der Waals surface area contributed by atoms with Crippen molar-refractivity contribution in [2.24, 2.45) is 0 Å². The molecule has 0 unspecified atom stereocenters. The molecule has 2 aromatic heterocycles. The molecule has 0 fully saturated rings. The smallest absolute Gasteiger partial charge is 0.288 e. The first-order valence-corrected chi connectivity index (χ1v) is 9.45. The fraction of sp³-hybridized carbons (Fsp3) is 0.100. The third-order valence-corrected chi connectivity index (χ3v) is 5.52. The number of fused-ring (bicyclic) bond motifs is 1. The average Bonchev–Trinajstić information content (AvgIpc) is 3.12. The lowest BCUT2D eigenvalue weighted by Crippen LogP contribution is -2.38. The summed E-state index contributed by atoms with van der Waals surface area (Å²) in [5.41, 5.74) is 1.93. The van der Waals surface area contributed by atoms with Crippen LogP contribution in [-0.4, -0.2) is 9.13 Å². The zero-order chi connectivity index (χ0) is 19.1. The minimum Gasteiger partial charge on any atom is -0.288 e. The Bertz CT molecular complexity index is 1290. The molecule has 0 aliphatic carbocycles. The Balaban J connectivity index is 1.99. The predicted molar refractivity (Wildman–Crippen MR) is 107 cm³/mol. The van der Waals surface area contributed by atoms with Gasteiger partial charge in [-0.1, -0.05) is 41.4 Å². The van der Waals surface area contributed by atoms with Crippen LogP contribution in [0.15, 0.2) is 63.5 Å². The molecular formula is C20H14ClFN2O2S. The lowest BCUT2D eigenvalue weighted by Gasteiger charge is -2.13. The van der Waals surface area contributed by atoms with E-state index in [-0.39, 0.29) is 10.7 Å². The number of aromatic nitrogens is 2. The second-order valence-electron chi connectivity index (χ2n) is 6.23. The summed E-state index contributed by atoms with van der Waals surface area (Å²) in [5.74, 6) is -0.606. The van der Waals surface area contributed by atoms with Crippen molar-refractivity contribution >= 4 is 33.2 Å². The summed E-state index contributed by atoms with van der Waals surface area (Å²) in [6.45, 7) is 2.30. The quantitative estimate of drug-likeness (QED) is 0.512. The van der Waals surface area contributed by atoms with Gasteiger partial charge >= 0.3 is 5.69 Å². The number of halogens is 2. The van der Waals surface area contributed by atoms with Gasteiger partial charge in [0.2, 0.25) is 0 Å². The molecule has 0 aliphatic heterocycles. The van der Waals surface area contributed by atoms with Gasteiger partial charge in [0.25, 0.3) is 5.56 Å². The van der Waals surface area contributed by atoms with E-state index < -0.39 is 17.1 Å². The molecule has 0 saturated heterocycles. The van der Waals surface area contributed by atoms with Crippen molar-refractivity contribution in [2.75, 3.05) is 0 Å². The molecule has 7 heteroatoms. The summed E-state index contributed by atoms with van der Waals surface area (Å²) in [7, 11) is 0. The molecule has 2 heterocycles. The second-order valence-corrected chi connectivity index (χ2v) is 7.56. The lowest BCUT2D eigenvalue weighted by atomic mass is 10.1. The van der Waals surface area contributed by atoms with E-state index in [1.807, 2.05) is 31.2 Å². The average molecular weight is 401 g/mol. The Morgan fingerprint density at radius 3 is 2.67 bits per heavy atom. The van der Waals surface area contributed by atoms with Gasteiger partial charge in [0.15, 0.2) is 0 Å². The fourth-order valence-corrected chi connectivity index (χ4v) is 4.08. The molecule has 4 nitrogen and oxygen atoms in total. The summed E-state index contributed by atoms with van der Waals surface area (Å²) in [4.78, 5) is 26.1. The standard InChI is InChI=1S/C20H14ClFN2O2S/c1-12-3-2-4-13(9-12)11-23-17-7-8-27-18(17)19(25)24(20(23)26)14-5-6-16(22)15(21)10-14/h2-10H,11H2,1H3. The van der Waals surface area contributed by atoms with Crippen LogP contribution in [0.1, 0.15) is 11.1 Å². The molecule has 0 saturated carbocycles. The van der Waals surface area contributed by atoms with Crippen LogP contribution in [0.2, 0.25) is 5.02 Å². The normalized spacial score (nSPS) is 11.2. The van der Waals surface area contributed by atoms with E-state index in [1.165, 1.54) is 23.5 Å². The van der Waals surface area contributed by atoms with Gasteiger partial charge in [-0.2, -0.15) is 0 Å². The number of rotatable bonds is 3. The van der Waals surface area contributed by atoms with Crippen molar-refractivity contribution in [3.8, 4) is 5.69 Å². The van der Waals surface area contributed by atoms with Crippen LogP contribution in [0.5, 0.6) is 0 Å². The van der Waals surface area contributed by atoms with Gasteiger partial charge in [0.1, 0.15) is 10.5 Å². The summed E-state index contributed by atoms with van der Waals surface area (Å²) in [6.07, 6.45) is 0. The van der Waals surface area contributed by atoms with Gasteiger partial charge in [0, 0.05) is 0 Å². The van der Waals surface area contributed by atoms with Crippen LogP contribution >= 0.6 is 22.9 Å². The number of hydrogen-bond acceptors (Lipinski definition) is 3. The molecule has 2 aromatic carbocycles. The second kappa shape index (κ2) is 6.79. The molecule has 0 bridgehead atoms. The van der Waals surface area contributed by atoms with E-state index in [2.05, 4.69) is 0 Å². The highest BCUT2D eigenvalue weighted by Crippen LogP contribution is 2.20. The zero-order valence-electron chi connectivity index (χ0n) is 14.3. The summed E-state index contributed by atoms with van der Waals surface area (Å²) < 4.78 is 16.6. The molecule has 0 radical (unpaired) electrons. The zero-order valence-corrected chi connectivity index (χ0v) is 15.9. The Morgan fingerprint density at radius 1 is 1.11 bits per heavy atom. The van der Waals surface area contributed by atoms with Crippen molar-refractivity contribution in [3.05, 3.63) is 96.7 Å². The SMILES string of the molecule is Cc1cccc(Cn2c(=O)n(-c3ccc(F)c(Cl)c3)c(=O)c3sccc32)c1. The molecule has 4 rings (SSSR count). The molecule has 136 valence electrons. The largest absolute Gasteiger partial charge is 0.336 e. The van der Waals surface area contributed by atoms with Crippen molar-refractivity contribution in [2.45, 2.75) is 13.5 Å². The van der Waals surface area contributed by atoms with E-state index in [1.54, 1.807) is 16.0 Å². The van der Waals surface area contributed by atoms with Gasteiger partial charge in [0.05, 0.1) is 22.8 Å². The number of hydrogen-bond donors (Lipinski definition) is 0. The summed E-state index contributed by atoms with van der Waals surface area (Å²) in [5, 5.41) is 1.63. The van der Waals surface area contributed by atoms with E-state index in [4.69, 9.17) is 11.6 Å². The Labute approximate surface area is 162 Å². The molecule has 0 spiro atoms. The monoisotopic (exact) mass is 400 g/mol. The third-order valence-electron chi connectivity index (χ3n) is 4.34. The van der Waals surface area contributed by atoms with Crippen LogP contribution in [0.25, 0.3) is 15.9 Å². The lowest BCUT2D eigenvalue weighted by molar-refractivity contribution is 0.627. The fourth-order valence-electron chi connectivity index (χ4n) is 3.08. The Kier molecular flexibility index (Phi) is 4.45. The maximum Gasteiger partial charge on any atom is 0.336 e. The van der Waals surface area contributed by atoms with Crippen LogP contribution < -0.4 is 11.2 Å². The first-order valence-electron chi connectivity index (χ1n) is 8.20. The summed E-state index contributed by atoms with van der Waals surface area (Å²) in [6, 6.07) is 13.4. The van der Waals surface area contributed by atoms with E-state index >= 15 is 0 Å². The van der Waals surface area contributed by atoms with Crippen molar-refractivity contribution < 1.29 is 4.39 Å². The van der Waals surface area contributed by atoms with Gasteiger partial charge < -0.3 is 0 Å². The highest BCUT2D eigenvalue weighted by molar-refractivity contribution is 7.17. The Hall–Kier alpha value is -2.70. The first kappa shape index (κ1) is 17.7. The molecule has 0 N–H and O–H groups in total. The number of nitrogens with zero attached hydrogens (tertiary/aromatic N) is 2. The number of aryl methyl sites for hydroxylation is 1. The molecular weight excluding hydrogens is 387 g/mol. The molecule has 27 heavy (non-hydrogen) atoms.